The molecular formula is C27H26ClF2N8OS+. The Hall–Kier alpha value is -3.34. The predicted octanol–water partition coefficient (Wildman–Crippen LogP) is 4.79. The van der Waals surface area contributed by atoms with E-state index in [1.54, 1.807) is 6.07 Å². The minimum absolute atomic E-state index is 0.0218. The van der Waals surface area contributed by atoms with E-state index < -0.39 is 11.6 Å². The SMILES string of the molecule is CN1CCCC1COc1nc(N2C[N+]23CCCN3)c2cc(Cl)c(-c3ccc(F)c4sc(N)c(C#N)c34)c(F)c2n1. The molecule has 0 radical (unpaired) electrons. The molecule has 2 atom stereocenters. The Kier molecular flexibility index (Phi) is 5.99. The van der Waals surface area contributed by atoms with Gasteiger partial charge in [0, 0.05) is 23.4 Å². The minimum atomic E-state index is -0.696. The van der Waals surface area contributed by atoms with E-state index in [1.807, 2.05) is 11.1 Å². The van der Waals surface area contributed by atoms with E-state index in [9.17, 15) is 9.65 Å². The number of rotatable bonds is 5. The van der Waals surface area contributed by atoms with E-state index in [0.717, 1.165) is 50.2 Å². The predicted molar refractivity (Wildman–Crippen MR) is 151 cm³/mol. The fourth-order valence-corrected chi connectivity index (χ4v) is 7.26. The summed E-state index contributed by atoms with van der Waals surface area (Å²) in [6, 6.07) is 6.65. The molecule has 3 aliphatic heterocycles. The molecule has 9 nitrogen and oxygen atoms in total. The number of hydrogen-bond acceptors (Lipinski definition) is 9. The quantitative estimate of drug-likeness (QED) is 0.255. The number of aromatic nitrogens is 2. The standard InChI is InChI=1S/C27H26ClF2N8OS/c1-36-8-2-4-14(36)12-39-27-34-23-16(26(35-27)37-13-38(37)9-3-7-33-38)10-18(28)21(22(23)30)15-5-6-19(29)24-20(15)17(11-31)25(32)40-24/h5-6,10,14,33H,2-4,7-9,12-13,32H2,1H3/q+1. The number of hydrogen-bond donors (Lipinski definition) is 2. The second-order valence-corrected chi connectivity index (χ2v) is 12.0. The molecule has 3 fully saturated rings. The first-order valence-electron chi connectivity index (χ1n) is 13.2. The third-order valence-corrected chi connectivity index (χ3v) is 9.54. The van der Waals surface area contributed by atoms with Crippen molar-refractivity contribution in [3.8, 4) is 23.2 Å². The summed E-state index contributed by atoms with van der Waals surface area (Å²) in [5.74, 6) is -0.707. The molecule has 0 aliphatic carbocycles. The van der Waals surface area contributed by atoms with Gasteiger partial charge in [-0.25, -0.2) is 8.78 Å². The smallest absolute Gasteiger partial charge is 0.319 e. The second-order valence-electron chi connectivity index (χ2n) is 10.6. The summed E-state index contributed by atoms with van der Waals surface area (Å²) in [4.78, 5) is 11.5. The highest BCUT2D eigenvalue weighted by Gasteiger charge is 2.58. The Morgan fingerprint density at radius 1 is 1.32 bits per heavy atom. The Labute approximate surface area is 237 Å². The lowest BCUT2D eigenvalue weighted by Crippen LogP contribution is -2.38. The van der Waals surface area contributed by atoms with E-state index in [0.29, 0.717) is 29.2 Å². The van der Waals surface area contributed by atoms with Gasteiger partial charge in [0.1, 0.15) is 35.6 Å². The van der Waals surface area contributed by atoms with Crippen LogP contribution in [0.25, 0.3) is 32.1 Å². The summed E-state index contributed by atoms with van der Waals surface area (Å²) in [7, 11) is 2.06. The number of nitrogens with two attached hydrogens (primary N) is 1. The van der Waals surface area contributed by atoms with Gasteiger partial charge in [0.15, 0.2) is 5.82 Å². The number of fused-ring (bicyclic) bond motifs is 2. The van der Waals surface area contributed by atoms with Crippen molar-refractivity contribution in [2.24, 2.45) is 0 Å². The largest absolute Gasteiger partial charge is 0.462 e. The van der Waals surface area contributed by atoms with Crippen molar-refractivity contribution in [1.82, 2.24) is 20.3 Å². The number of ether oxygens (including phenoxy) is 1. The van der Waals surface area contributed by atoms with Gasteiger partial charge >= 0.3 is 6.01 Å². The van der Waals surface area contributed by atoms with Crippen LogP contribution < -0.4 is 20.9 Å². The number of nitrogen functional groups attached to an aromatic ring is 1. The molecule has 3 saturated heterocycles. The lowest BCUT2D eigenvalue weighted by Gasteiger charge is -2.20. The molecule has 1 spiro atoms. The van der Waals surface area contributed by atoms with Crippen LogP contribution in [0.4, 0.5) is 19.6 Å². The molecule has 2 aromatic carbocycles. The molecular weight excluding hydrogens is 558 g/mol. The molecule has 0 amide bonds. The van der Waals surface area contributed by atoms with Crippen molar-refractivity contribution < 1.29 is 18.2 Å². The molecule has 0 bridgehead atoms. The lowest BCUT2D eigenvalue weighted by atomic mass is 9.97. The van der Waals surface area contributed by atoms with Gasteiger partial charge in [0.2, 0.25) is 12.5 Å². The number of likely N-dealkylation sites (tertiary alicyclic amines) is 1. The second kappa shape index (κ2) is 9.36. The van der Waals surface area contributed by atoms with Crippen LogP contribution in [0.5, 0.6) is 6.01 Å². The van der Waals surface area contributed by atoms with Gasteiger partial charge in [0.05, 0.1) is 27.2 Å². The Balaban J connectivity index is 1.41. The first kappa shape index (κ1) is 25.6. The Morgan fingerprint density at radius 3 is 2.90 bits per heavy atom. The van der Waals surface area contributed by atoms with Crippen LogP contribution in [0.3, 0.4) is 0 Å². The average Bonchev–Trinajstić information content (AvgIpc) is 3.23. The number of nitrogens with one attached hydrogen (secondary N) is 1. The number of thiophene rings is 1. The van der Waals surface area contributed by atoms with Crippen LogP contribution in [0, 0.1) is 23.0 Å². The highest BCUT2D eigenvalue weighted by molar-refractivity contribution is 7.23. The zero-order chi connectivity index (χ0) is 27.8. The molecule has 2 unspecified atom stereocenters. The first-order valence-corrected chi connectivity index (χ1v) is 14.3. The minimum Gasteiger partial charge on any atom is -0.462 e. The number of nitriles is 1. The number of quaternary nitrogens is 1. The summed E-state index contributed by atoms with van der Waals surface area (Å²) in [5, 5.41) is 12.7. The molecule has 5 heterocycles. The van der Waals surface area contributed by atoms with Gasteiger partial charge in [-0.05, 0) is 44.1 Å². The van der Waals surface area contributed by atoms with E-state index in [1.165, 1.54) is 12.1 Å². The molecule has 7 rings (SSSR count). The fourth-order valence-electron chi connectivity index (χ4n) is 6.01. The molecule has 2 aromatic heterocycles. The van der Waals surface area contributed by atoms with Crippen LogP contribution in [0.15, 0.2) is 18.2 Å². The molecule has 40 heavy (non-hydrogen) atoms. The van der Waals surface area contributed by atoms with Crippen molar-refractivity contribution in [2.45, 2.75) is 25.3 Å². The van der Waals surface area contributed by atoms with E-state index in [-0.39, 0.29) is 54.4 Å². The topological polar surface area (TPSA) is 103 Å². The number of likely N-dealkylation sites (N-methyl/N-ethyl adjacent to an activating group) is 1. The molecule has 4 aromatic rings. The maximum absolute atomic E-state index is 16.6. The van der Waals surface area contributed by atoms with Crippen molar-refractivity contribution in [2.75, 3.05) is 50.7 Å². The van der Waals surface area contributed by atoms with Crippen LogP contribution in [-0.4, -0.2) is 65.6 Å². The highest BCUT2D eigenvalue weighted by Crippen LogP contribution is 2.47. The van der Waals surface area contributed by atoms with E-state index in [2.05, 4.69) is 22.4 Å². The molecule has 206 valence electrons. The highest BCUT2D eigenvalue weighted by atomic mass is 35.5. The third kappa shape index (κ3) is 3.88. The van der Waals surface area contributed by atoms with E-state index >= 15 is 4.39 Å². The maximum Gasteiger partial charge on any atom is 0.319 e. The third-order valence-electron chi connectivity index (χ3n) is 8.22. The van der Waals surface area contributed by atoms with Crippen molar-refractivity contribution in [1.29, 1.82) is 5.26 Å². The number of anilines is 2. The summed E-state index contributed by atoms with van der Waals surface area (Å²) in [5.41, 5.74) is 9.94. The van der Waals surface area contributed by atoms with Crippen molar-refractivity contribution in [3.05, 3.63) is 40.4 Å². The van der Waals surface area contributed by atoms with Crippen molar-refractivity contribution in [3.63, 3.8) is 0 Å². The van der Waals surface area contributed by atoms with Crippen molar-refractivity contribution >= 4 is 54.7 Å². The zero-order valence-electron chi connectivity index (χ0n) is 21.7. The van der Waals surface area contributed by atoms with Gasteiger partial charge in [-0.15, -0.1) is 26.5 Å². The fraction of sp³-hybridized carbons (Fsp3) is 0.370. The molecule has 3 aliphatic rings. The van der Waals surface area contributed by atoms with Gasteiger partial charge in [-0.3, -0.25) is 0 Å². The average molecular weight is 584 g/mol. The van der Waals surface area contributed by atoms with Crippen LogP contribution in [0.1, 0.15) is 24.8 Å². The summed E-state index contributed by atoms with van der Waals surface area (Å²) < 4.78 is 38.1. The van der Waals surface area contributed by atoms with Crippen LogP contribution >= 0.6 is 22.9 Å². The summed E-state index contributed by atoms with van der Waals surface area (Å²) in [6.07, 6.45) is 3.11. The lowest BCUT2D eigenvalue weighted by molar-refractivity contribution is -0.838. The van der Waals surface area contributed by atoms with Gasteiger partial charge in [-0.2, -0.15) is 15.2 Å². The Bertz CT molecular complexity index is 1730. The normalized spacial score (nSPS) is 22.6. The van der Waals surface area contributed by atoms with Crippen LogP contribution in [-0.2, 0) is 0 Å². The number of benzene rings is 2. The monoisotopic (exact) mass is 583 g/mol. The Morgan fingerprint density at radius 2 is 2.17 bits per heavy atom. The first-order chi connectivity index (χ1) is 19.3. The van der Waals surface area contributed by atoms with Crippen LogP contribution in [0.2, 0.25) is 5.02 Å². The maximum atomic E-state index is 16.6. The number of nitrogens with zero attached hydrogens (tertiary/aromatic N) is 6. The number of halogens is 3. The van der Waals surface area contributed by atoms with Gasteiger partial charge < -0.3 is 15.4 Å². The molecule has 13 heteroatoms. The molecule has 3 N–H and O–H groups in total. The zero-order valence-corrected chi connectivity index (χ0v) is 23.2. The van der Waals surface area contributed by atoms with E-state index in [4.69, 9.17) is 27.1 Å². The molecule has 0 saturated carbocycles. The van der Waals surface area contributed by atoms with Gasteiger partial charge in [0.25, 0.3) is 0 Å². The van der Waals surface area contributed by atoms with Gasteiger partial charge in [-0.1, -0.05) is 17.7 Å². The summed E-state index contributed by atoms with van der Waals surface area (Å²) in [6.45, 7) is 3.84. The summed E-state index contributed by atoms with van der Waals surface area (Å²) >= 11 is 7.71.